The summed E-state index contributed by atoms with van der Waals surface area (Å²) in [6, 6.07) is 8.52. The van der Waals surface area contributed by atoms with Gasteiger partial charge in [-0.15, -0.1) is 0 Å². The molecule has 1 amide bonds. The summed E-state index contributed by atoms with van der Waals surface area (Å²) in [4.78, 5) is 16.6. The van der Waals surface area contributed by atoms with E-state index in [1.165, 1.54) is 5.56 Å². The number of rotatable bonds is 7. The Kier molecular flexibility index (Phi) is 6.42. The van der Waals surface area contributed by atoms with E-state index < -0.39 is 0 Å². The van der Waals surface area contributed by atoms with Crippen molar-refractivity contribution in [3.05, 3.63) is 29.8 Å². The fourth-order valence-electron chi connectivity index (χ4n) is 3.15. The maximum absolute atomic E-state index is 12.4. The first-order valence-corrected chi connectivity index (χ1v) is 8.22. The predicted octanol–water partition coefficient (Wildman–Crippen LogP) is 1.98. The number of amides is 1. The van der Waals surface area contributed by atoms with Gasteiger partial charge in [0.1, 0.15) is 5.75 Å². The van der Waals surface area contributed by atoms with Gasteiger partial charge in [-0.3, -0.25) is 4.79 Å². The lowest BCUT2D eigenvalue weighted by Gasteiger charge is -2.25. The van der Waals surface area contributed by atoms with Gasteiger partial charge in [0, 0.05) is 31.7 Å². The first-order valence-electron chi connectivity index (χ1n) is 8.22. The standard InChI is InChI=1S/C18H28N2O3/c1-5-23-11-10-18(21)20-12-16(17(13-20)19(2)3)14-6-8-15(22-4)9-7-14/h6-9,16-17H,5,10-13H2,1-4H3/t16-,17+/m0/s1. The molecule has 1 aromatic rings. The molecule has 5 nitrogen and oxygen atoms in total. The van der Waals surface area contributed by atoms with Crippen LogP contribution >= 0.6 is 0 Å². The topological polar surface area (TPSA) is 42.0 Å². The molecule has 0 spiro atoms. The molecule has 0 aliphatic carbocycles. The van der Waals surface area contributed by atoms with Crippen molar-refractivity contribution in [1.82, 2.24) is 9.80 Å². The van der Waals surface area contributed by atoms with Gasteiger partial charge in [0.05, 0.1) is 20.1 Å². The van der Waals surface area contributed by atoms with Crippen molar-refractivity contribution in [1.29, 1.82) is 0 Å². The Hall–Kier alpha value is -1.59. The second kappa shape index (κ2) is 8.31. The number of hydrogen-bond acceptors (Lipinski definition) is 4. The SMILES string of the molecule is CCOCCC(=O)N1C[C@@H](N(C)C)[C@H](c2ccc(OC)cc2)C1. The highest BCUT2D eigenvalue weighted by Crippen LogP contribution is 2.31. The number of carbonyl (C=O) groups excluding carboxylic acids is 1. The van der Waals surface area contributed by atoms with Crippen molar-refractivity contribution in [3.8, 4) is 5.75 Å². The summed E-state index contributed by atoms with van der Waals surface area (Å²) in [5, 5.41) is 0. The molecule has 0 N–H and O–H groups in total. The van der Waals surface area contributed by atoms with E-state index in [0.29, 0.717) is 31.6 Å². The van der Waals surface area contributed by atoms with Crippen LogP contribution in [0, 0.1) is 0 Å². The molecule has 1 saturated heterocycles. The van der Waals surface area contributed by atoms with Gasteiger partial charge in [0.25, 0.3) is 0 Å². The van der Waals surface area contributed by atoms with Crippen molar-refractivity contribution in [2.45, 2.75) is 25.3 Å². The first kappa shape index (κ1) is 17.8. The Bertz CT molecular complexity index is 501. The minimum absolute atomic E-state index is 0.182. The molecule has 0 bridgehead atoms. The van der Waals surface area contributed by atoms with Crippen molar-refractivity contribution in [3.63, 3.8) is 0 Å². The molecule has 0 saturated carbocycles. The molecule has 23 heavy (non-hydrogen) atoms. The maximum Gasteiger partial charge on any atom is 0.224 e. The van der Waals surface area contributed by atoms with Crippen LogP contribution in [0.4, 0.5) is 0 Å². The quantitative estimate of drug-likeness (QED) is 0.721. The number of carbonyl (C=O) groups is 1. The number of nitrogens with zero attached hydrogens (tertiary/aromatic N) is 2. The summed E-state index contributed by atoms with van der Waals surface area (Å²) in [5.74, 6) is 1.37. The van der Waals surface area contributed by atoms with Gasteiger partial charge in [0.15, 0.2) is 0 Å². The van der Waals surface area contributed by atoms with E-state index in [1.54, 1.807) is 7.11 Å². The second-order valence-corrected chi connectivity index (χ2v) is 6.16. The molecule has 0 radical (unpaired) electrons. The minimum atomic E-state index is 0.182. The summed E-state index contributed by atoms with van der Waals surface area (Å²) in [6.45, 7) is 4.64. The third kappa shape index (κ3) is 4.45. The lowest BCUT2D eigenvalue weighted by Crippen LogP contribution is -2.36. The highest BCUT2D eigenvalue weighted by molar-refractivity contribution is 5.77. The molecule has 1 fully saturated rings. The lowest BCUT2D eigenvalue weighted by atomic mass is 9.93. The molecule has 2 atom stereocenters. The summed E-state index contributed by atoms with van der Waals surface area (Å²) in [7, 11) is 5.83. The molecule has 0 unspecified atom stereocenters. The van der Waals surface area contributed by atoms with Crippen LogP contribution in [0.15, 0.2) is 24.3 Å². The van der Waals surface area contributed by atoms with Crippen LogP contribution in [-0.2, 0) is 9.53 Å². The van der Waals surface area contributed by atoms with Crippen LogP contribution in [0.25, 0.3) is 0 Å². The smallest absolute Gasteiger partial charge is 0.224 e. The van der Waals surface area contributed by atoms with E-state index in [9.17, 15) is 4.79 Å². The number of ether oxygens (including phenoxy) is 2. The highest BCUT2D eigenvalue weighted by atomic mass is 16.5. The van der Waals surface area contributed by atoms with Gasteiger partial charge in [-0.1, -0.05) is 12.1 Å². The van der Waals surface area contributed by atoms with Crippen LogP contribution in [0.5, 0.6) is 5.75 Å². The summed E-state index contributed by atoms with van der Waals surface area (Å²) < 4.78 is 10.5. The Morgan fingerprint density at radius 1 is 1.26 bits per heavy atom. The molecular formula is C18H28N2O3. The third-order valence-corrected chi connectivity index (χ3v) is 4.51. The molecule has 5 heteroatoms. The van der Waals surface area contributed by atoms with Crippen molar-refractivity contribution < 1.29 is 14.3 Å². The predicted molar refractivity (Wildman–Crippen MR) is 90.9 cm³/mol. The molecule has 1 aliphatic rings. The second-order valence-electron chi connectivity index (χ2n) is 6.16. The Morgan fingerprint density at radius 3 is 2.52 bits per heavy atom. The molecule has 1 heterocycles. The molecular weight excluding hydrogens is 292 g/mol. The van der Waals surface area contributed by atoms with Gasteiger partial charge in [-0.05, 0) is 38.7 Å². The van der Waals surface area contributed by atoms with E-state index in [4.69, 9.17) is 9.47 Å². The summed E-state index contributed by atoms with van der Waals surface area (Å²) >= 11 is 0. The number of hydrogen-bond donors (Lipinski definition) is 0. The average Bonchev–Trinajstić information content (AvgIpc) is 3.01. The van der Waals surface area contributed by atoms with E-state index in [-0.39, 0.29) is 5.91 Å². The fraction of sp³-hybridized carbons (Fsp3) is 0.611. The molecule has 128 valence electrons. The Labute approximate surface area is 139 Å². The summed E-state index contributed by atoms with van der Waals surface area (Å²) in [5.41, 5.74) is 1.25. The van der Waals surface area contributed by atoms with E-state index in [2.05, 4.69) is 31.1 Å². The normalized spacial score (nSPS) is 21.0. The highest BCUT2D eigenvalue weighted by Gasteiger charge is 2.37. The largest absolute Gasteiger partial charge is 0.497 e. The molecule has 1 aliphatic heterocycles. The van der Waals surface area contributed by atoms with Gasteiger partial charge in [0.2, 0.25) is 5.91 Å². The van der Waals surface area contributed by atoms with Crippen LogP contribution in [-0.4, -0.2) is 69.3 Å². The molecule has 0 aromatic heterocycles. The molecule has 1 aromatic carbocycles. The zero-order valence-electron chi connectivity index (χ0n) is 14.6. The monoisotopic (exact) mass is 320 g/mol. The lowest BCUT2D eigenvalue weighted by molar-refractivity contribution is -0.131. The number of likely N-dealkylation sites (tertiary alicyclic amines) is 1. The number of likely N-dealkylation sites (N-methyl/N-ethyl adjacent to an activating group) is 1. The maximum atomic E-state index is 12.4. The van der Waals surface area contributed by atoms with E-state index in [0.717, 1.165) is 18.8 Å². The minimum Gasteiger partial charge on any atom is -0.497 e. The first-order chi connectivity index (χ1) is 11.1. The third-order valence-electron chi connectivity index (χ3n) is 4.51. The zero-order chi connectivity index (χ0) is 16.8. The van der Waals surface area contributed by atoms with Crippen molar-refractivity contribution in [2.24, 2.45) is 0 Å². The fourth-order valence-corrected chi connectivity index (χ4v) is 3.15. The molecule has 2 rings (SSSR count). The van der Waals surface area contributed by atoms with Crippen LogP contribution in [0.3, 0.4) is 0 Å². The van der Waals surface area contributed by atoms with Gasteiger partial charge >= 0.3 is 0 Å². The van der Waals surface area contributed by atoms with E-state index in [1.807, 2.05) is 24.0 Å². The zero-order valence-corrected chi connectivity index (χ0v) is 14.6. The summed E-state index contributed by atoms with van der Waals surface area (Å²) in [6.07, 6.45) is 0.462. The number of methoxy groups -OCH3 is 1. The Morgan fingerprint density at radius 2 is 1.96 bits per heavy atom. The van der Waals surface area contributed by atoms with Crippen LogP contribution in [0.1, 0.15) is 24.8 Å². The van der Waals surface area contributed by atoms with Crippen LogP contribution in [0.2, 0.25) is 0 Å². The van der Waals surface area contributed by atoms with Crippen molar-refractivity contribution in [2.75, 3.05) is 47.5 Å². The van der Waals surface area contributed by atoms with Gasteiger partial charge < -0.3 is 19.3 Å². The van der Waals surface area contributed by atoms with Gasteiger partial charge in [-0.25, -0.2) is 0 Å². The van der Waals surface area contributed by atoms with Crippen molar-refractivity contribution >= 4 is 5.91 Å². The van der Waals surface area contributed by atoms with E-state index >= 15 is 0 Å². The van der Waals surface area contributed by atoms with Crippen LogP contribution < -0.4 is 4.74 Å². The average molecular weight is 320 g/mol. The number of benzene rings is 1. The Balaban J connectivity index is 2.06. The van der Waals surface area contributed by atoms with Gasteiger partial charge in [-0.2, -0.15) is 0 Å².